The maximum atomic E-state index is 12.3. The second-order valence-electron chi connectivity index (χ2n) is 5.78. The number of carbonyl (C=O) groups is 2. The van der Waals surface area contributed by atoms with Crippen LogP contribution in [0, 0.1) is 0 Å². The van der Waals surface area contributed by atoms with Crippen molar-refractivity contribution >= 4 is 23.2 Å². The third-order valence-corrected chi connectivity index (χ3v) is 3.54. The number of halogens is 3. The van der Waals surface area contributed by atoms with E-state index in [1.807, 2.05) is 19.0 Å². The number of anilines is 2. The van der Waals surface area contributed by atoms with E-state index in [9.17, 15) is 22.8 Å². The van der Waals surface area contributed by atoms with Crippen LogP contribution in [0.4, 0.5) is 24.5 Å². The molecule has 0 fully saturated rings. The molecule has 0 saturated heterocycles. The van der Waals surface area contributed by atoms with Crippen LogP contribution in [0.15, 0.2) is 48.5 Å². The Morgan fingerprint density at radius 2 is 1.69 bits per heavy atom. The first-order valence-electron chi connectivity index (χ1n) is 7.69. The largest absolute Gasteiger partial charge is 0.471 e. The van der Waals surface area contributed by atoms with Crippen LogP contribution in [0.3, 0.4) is 0 Å². The Labute approximate surface area is 148 Å². The molecule has 0 aromatic heterocycles. The van der Waals surface area contributed by atoms with Crippen molar-refractivity contribution in [1.29, 1.82) is 0 Å². The lowest BCUT2D eigenvalue weighted by molar-refractivity contribution is -0.173. The number of rotatable bonds is 5. The fourth-order valence-electron chi connectivity index (χ4n) is 2.16. The van der Waals surface area contributed by atoms with Gasteiger partial charge < -0.3 is 15.5 Å². The summed E-state index contributed by atoms with van der Waals surface area (Å²) in [5.74, 6) is -2.35. The molecular formula is C18H18F3N3O2. The number of hydrogen-bond acceptors (Lipinski definition) is 3. The van der Waals surface area contributed by atoms with Gasteiger partial charge >= 0.3 is 12.1 Å². The van der Waals surface area contributed by atoms with E-state index in [2.05, 4.69) is 5.32 Å². The van der Waals surface area contributed by atoms with Gasteiger partial charge in [-0.2, -0.15) is 13.2 Å². The molecule has 0 saturated carbocycles. The molecule has 2 rings (SSSR count). The summed E-state index contributed by atoms with van der Waals surface area (Å²) >= 11 is 0. The first-order chi connectivity index (χ1) is 12.2. The minimum absolute atomic E-state index is 0.292. The van der Waals surface area contributed by atoms with E-state index in [4.69, 9.17) is 0 Å². The van der Waals surface area contributed by atoms with Crippen LogP contribution in [0.5, 0.6) is 0 Å². The zero-order chi connectivity index (χ0) is 19.3. The van der Waals surface area contributed by atoms with E-state index in [0.29, 0.717) is 16.8 Å². The predicted molar refractivity (Wildman–Crippen MR) is 93.1 cm³/mol. The molecule has 0 atom stereocenters. The quantitative estimate of drug-likeness (QED) is 0.856. The summed E-state index contributed by atoms with van der Waals surface area (Å²) in [6.07, 6.45) is -4.93. The maximum Gasteiger partial charge on any atom is 0.471 e. The number of amides is 2. The van der Waals surface area contributed by atoms with E-state index in [0.717, 1.165) is 5.69 Å². The highest BCUT2D eigenvalue weighted by atomic mass is 19.4. The maximum absolute atomic E-state index is 12.3. The highest BCUT2D eigenvalue weighted by molar-refractivity contribution is 6.04. The molecule has 2 aromatic carbocycles. The molecule has 2 amide bonds. The van der Waals surface area contributed by atoms with Crippen LogP contribution in [0.1, 0.15) is 15.9 Å². The molecule has 2 N–H and O–H groups in total. The van der Waals surface area contributed by atoms with Gasteiger partial charge in [-0.1, -0.05) is 12.1 Å². The molecule has 26 heavy (non-hydrogen) atoms. The van der Waals surface area contributed by atoms with Crippen molar-refractivity contribution in [3.63, 3.8) is 0 Å². The van der Waals surface area contributed by atoms with Crippen molar-refractivity contribution in [2.24, 2.45) is 0 Å². The minimum Gasteiger partial charge on any atom is -0.378 e. The Bertz CT molecular complexity index is 787. The van der Waals surface area contributed by atoms with E-state index in [-0.39, 0.29) is 12.5 Å². The molecule has 0 heterocycles. The molecule has 5 nitrogen and oxygen atoms in total. The monoisotopic (exact) mass is 365 g/mol. The Morgan fingerprint density at radius 3 is 2.27 bits per heavy atom. The molecular weight excluding hydrogens is 347 g/mol. The fourth-order valence-corrected chi connectivity index (χ4v) is 2.16. The first-order valence-corrected chi connectivity index (χ1v) is 7.69. The van der Waals surface area contributed by atoms with Gasteiger partial charge in [0, 0.05) is 37.6 Å². The Hall–Kier alpha value is -3.03. The zero-order valence-electron chi connectivity index (χ0n) is 14.2. The molecule has 2 aromatic rings. The van der Waals surface area contributed by atoms with Crippen LogP contribution in [-0.2, 0) is 11.3 Å². The summed E-state index contributed by atoms with van der Waals surface area (Å²) in [5.41, 5.74) is 2.25. The molecule has 0 aliphatic rings. The van der Waals surface area contributed by atoms with Crippen molar-refractivity contribution in [1.82, 2.24) is 5.32 Å². The smallest absolute Gasteiger partial charge is 0.378 e. The number of hydrogen-bond donors (Lipinski definition) is 2. The number of nitrogens with one attached hydrogen (secondary N) is 2. The van der Waals surface area contributed by atoms with Gasteiger partial charge in [0.05, 0.1) is 0 Å². The Balaban J connectivity index is 2.01. The normalized spacial score (nSPS) is 11.0. The third-order valence-electron chi connectivity index (χ3n) is 3.54. The van der Waals surface area contributed by atoms with Gasteiger partial charge in [-0.05, 0) is 42.0 Å². The van der Waals surface area contributed by atoms with Gasteiger partial charge in [0.15, 0.2) is 0 Å². The average Bonchev–Trinajstić information content (AvgIpc) is 2.59. The molecule has 138 valence electrons. The van der Waals surface area contributed by atoms with Gasteiger partial charge in [-0.3, -0.25) is 9.59 Å². The van der Waals surface area contributed by atoms with Gasteiger partial charge in [0.25, 0.3) is 5.91 Å². The lowest BCUT2D eigenvalue weighted by Crippen LogP contribution is -2.36. The summed E-state index contributed by atoms with van der Waals surface area (Å²) in [4.78, 5) is 25.0. The first kappa shape index (κ1) is 19.3. The Morgan fingerprint density at radius 1 is 1.04 bits per heavy atom. The van der Waals surface area contributed by atoms with Gasteiger partial charge in [-0.25, -0.2) is 0 Å². The van der Waals surface area contributed by atoms with Gasteiger partial charge in [0.1, 0.15) is 0 Å². The second-order valence-corrected chi connectivity index (χ2v) is 5.78. The lowest BCUT2D eigenvalue weighted by atomic mass is 10.1. The fraction of sp³-hybridized carbons (Fsp3) is 0.222. The van der Waals surface area contributed by atoms with Crippen molar-refractivity contribution in [2.45, 2.75) is 12.7 Å². The van der Waals surface area contributed by atoms with Crippen molar-refractivity contribution < 1.29 is 22.8 Å². The molecule has 0 unspecified atom stereocenters. The molecule has 0 bridgehead atoms. The summed E-state index contributed by atoms with van der Waals surface area (Å²) in [6, 6.07) is 13.2. The highest BCUT2D eigenvalue weighted by Crippen LogP contribution is 2.17. The van der Waals surface area contributed by atoms with Crippen LogP contribution in [0.25, 0.3) is 0 Å². The zero-order valence-corrected chi connectivity index (χ0v) is 14.2. The van der Waals surface area contributed by atoms with Gasteiger partial charge in [-0.15, -0.1) is 0 Å². The molecule has 0 aliphatic heterocycles. The second kappa shape index (κ2) is 7.90. The van der Waals surface area contributed by atoms with Crippen molar-refractivity contribution in [3.8, 4) is 0 Å². The highest BCUT2D eigenvalue weighted by Gasteiger charge is 2.38. The van der Waals surface area contributed by atoms with E-state index in [1.54, 1.807) is 47.8 Å². The predicted octanol–water partition coefficient (Wildman–Crippen LogP) is 3.18. The lowest BCUT2D eigenvalue weighted by Gasteiger charge is -2.13. The van der Waals surface area contributed by atoms with Crippen LogP contribution in [-0.4, -0.2) is 32.1 Å². The Kier molecular flexibility index (Phi) is 5.86. The van der Waals surface area contributed by atoms with Crippen molar-refractivity contribution in [2.75, 3.05) is 24.3 Å². The number of benzene rings is 2. The minimum atomic E-state index is -4.93. The van der Waals surface area contributed by atoms with Crippen LogP contribution in [0.2, 0.25) is 0 Å². The summed E-state index contributed by atoms with van der Waals surface area (Å²) in [5, 5.41) is 4.46. The number of alkyl halides is 3. The standard InChI is InChI=1S/C18H18F3N3O2/c1-24(2)15-8-6-13(7-9-15)16(25)23-14-5-3-4-12(10-14)11-22-17(26)18(19,20)21/h3-10H,11H2,1-2H3,(H,22,26)(H,23,25). The molecule has 8 heteroatoms. The number of nitrogens with zero attached hydrogens (tertiary/aromatic N) is 1. The van der Waals surface area contributed by atoms with E-state index in [1.165, 1.54) is 6.07 Å². The third kappa shape index (κ3) is 5.23. The average molecular weight is 365 g/mol. The molecule has 0 spiro atoms. The molecule has 0 radical (unpaired) electrons. The summed E-state index contributed by atoms with van der Waals surface area (Å²) < 4.78 is 36.6. The number of carbonyl (C=O) groups excluding carboxylic acids is 2. The van der Waals surface area contributed by atoms with Crippen molar-refractivity contribution in [3.05, 3.63) is 59.7 Å². The summed E-state index contributed by atoms with van der Waals surface area (Å²) in [7, 11) is 3.77. The topological polar surface area (TPSA) is 61.4 Å². The van der Waals surface area contributed by atoms with Gasteiger partial charge in [0.2, 0.25) is 0 Å². The van der Waals surface area contributed by atoms with E-state index < -0.39 is 12.1 Å². The van der Waals surface area contributed by atoms with E-state index >= 15 is 0 Å². The summed E-state index contributed by atoms with van der Waals surface area (Å²) in [6.45, 7) is -0.292. The van der Waals surface area contributed by atoms with Crippen LogP contribution < -0.4 is 15.5 Å². The van der Waals surface area contributed by atoms with Crippen LogP contribution >= 0.6 is 0 Å². The molecule has 0 aliphatic carbocycles. The SMILES string of the molecule is CN(C)c1ccc(C(=O)Nc2cccc(CNC(=O)C(F)(F)F)c2)cc1.